The molecule has 2 heterocycles. The lowest BCUT2D eigenvalue weighted by Gasteiger charge is -2.24. The molecule has 0 aliphatic carbocycles. The average Bonchev–Trinajstić information content (AvgIpc) is 2.72. The van der Waals surface area contributed by atoms with Gasteiger partial charge in [-0.3, -0.25) is 4.99 Å². The van der Waals surface area contributed by atoms with E-state index in [2.05, 4.69) is 29.4 Å². The van der Waals surface area contributed by atoms with Crippen LogP contribution in [0.1, 0.15) is 6.42 Å². The highest BCUT2D eigenvalue weighted by atomic mass is 15.2. The second kappa shape index (κ2) is 3.34. The molecule has 2 aliphatic rings. The molecule has 0 bridgehead atoms. The van der Waals surface area contributed by atoms with Crippen LogP contribution in [0, 0.1) is 16.9 Å². The van der Waals surface area contributed by atoms with Crippen LogP contribution in [0.15, 0.2) is 29.3 Å². The van der Waals surface area contributed by atoms with Gasteiger partial charge < -0.3 is 4.90 Å². The first-order valence-electron chi connectivity index (χ1n) is 5.58. The molecule has 1 atom stereocenters. The van der Waals surface area contributed by atoms with E-state index >= 15 is 0 Å². The number of likely N-dealkylation sites (tertiary alicyclic amines) is 1. The highest BCUT2D eigenvalue weighted by Crippen LogP contribution is 2.32. The van der Waals surface area contributed by atoms with Gasteiger partial charge in [-0.25, -0.2) is 0 Å². The third-order valence-electron chi connectivity index (χ3n) is 3.49. The zero-order valence-electron chi connectivity index (χ0n) is 9.06. The Bertz CT molecular complexity index is 570. The molecule has 0 radical (unpaired) electrons. The van der Waals surface area contributed by atoms with Gasteiger partial charge in [0.05, 0.1) is 11.9 Å². The Morgan fingerprint density at radius 3 is 3.06 bits per heavy atom. The predicted molar refractivity (Wildman–Crippen MR) is 60.8 cm³/mol. The van der Waals surface area contributed by atoms with Gasteiger partial charge in [-0.05, 0) is 17.7 Å². The number of hydrogen-bond acceptors (Lipinski definition) is 3. The molecule has 1 aromatic carbocycles. The summed E-state index contributed by atoms with van der Waals surface area (Å²) < 4.78 is 0. The third kappa shape index (κ3) is 1.38. The molecular formula is C13H13N3. The Kier molecular flexibility index (Phi) is 1.97. The Morgan fingerprint density at radius 1 is 1.38 bits per heavy atom. The van der Waals surface area contributed by atoms with Crippen molar-refractivity contribution in [2.24, 2.45) is 10.4 Å². The van der Waals surface area contributed by atoms with Gasteiger partial charge in [0.1, 0.15) is 0 Å². The quantitative estimate of drug-likeness (QED) is 0.578. The van der Waals surface area contributed by atoms with Crippen LogP contribution in [0.5, 0.6) is 0 Å². The molecule has 1 unspecified atom stereocenters. The van der Waals surface area contributed by atoms with E-state index in [-0.39, 0.29) is 5.41 Å². The van der Waals surface area contributed by atoms with Crippen LogP contribution in [0.2, 0.25) is 0 Å². The Morgan fingerprint density at radius 2 is 2.25 bits per heavy atom. The zero-order chi connectivity index (χ0) is 11.0. The van der Waals surface area contributed by atoms with Crippen LogP contribution < -0.4 is 10.6 Å². The molecule has 0 aromatic heterocycles. The van der Waals surface area contributed by atoms with Crippen LogP contribution in [0.3, 0.4) is 0 Å². The maximum absolute atomic E-state index is 8.91. The van der Waals surface area contributed by atoms with Crippen LogP contribution in [-0.4, -0.2) is 24.5 Å². The number of hydrogen-bond donors (Lipinski definition) is 0. The smallest absolute Gasteiger partial charge is 0.179 e. The molecule has 3 nitrogen and oxygen atoms in total. The Hall–Kier alpha value is -1.82. The van der Waals surface area contributed by atoms with Gasteiger partial charge in [0.15, 0.2) is 6.19 Å². The standard InChI is InChI=1S/C13H13N3/c14-10-16-6-5-13(9-16)7-11-3-1-2-4-12(11)15-8-13/h1-4,7H,5-6,8-9H2. The Labute approximate surface area is 94.3 Å². The minimum absolute atomic E-state index is 0.101. The summed E-state index contributed by atoms with van der Waals surface area (Å²) in [6.45, 7) is 2.51. The molecule has 3 heteroatoms. The van der Waals surface area contributed by atoms with E-state index in [0.717, 1.165) is 31.4 Å². The molecule has 0 amide bonds. The summed E-state index contributed by atoms with van der Waals surface area (Å²) in [5.74, 6) is 0. The molecule has 1 spiro atoms. The fraction of sp³-hybridized carbons (Fsp3) is 0.385. The van der Waals surface area contributed by atoms with E-state index in [0.29, 0.717) is 0 Å². The van der Waals surface area contributed by atoms with Gasteiger partial charge in [-0.15, -0.1) is 0 Å². The highest BCUT2D eigenvalue weighted by Gasteiger charge is 2.36. The van der Waals surface area contributed by atoms with Crippen LogP contribution in [0.25, 0.3) is 6.08 Å². The second-order valence-corrected chi connectivity index (χ2v) is 4.65. The number of fused-ring (bicyclic) bond motifs is 1. The first kappa shape index (κ1) is 9.41. The van der Waals surface area contributed by atoms with Gasteiger partial charge >= 0.3 is 0 Å². The van der Waals surface area contributed by atoms with E-state index in [9.17, 15) is 0 Å². The van der Waals surface area contributed by atoms with E-state index in [1.165, 1.54) is 5.22 Å². The maximum atomic E-state index is 8.91. The van der Waals surface area contributed by atoms with Crippen molar-refractivity contribution < 1.29 is 0 Å². The molecule has 1 fully saturated rings. The zero-order valence-corrected chi connectivity index (χ0v) is 9.06. The van der Waals surface area contributed by atoms with Crippen molar-refractivity contribution in [2.45, 2.75) is 6.42 Å². The van der Waals surface area contributed by atoms with Crippen molar-refractivity contribution in [1.29, 1.82) is 5.26 Å². The summed E-state index contributed by atoms with van der Waals surface area (Å²) in [6, 6.07) is 8.22. The monoisotopic (exact) mass is 211 g/mol. The molecule has 16 heavy (non-hydrogen) atoms. The van der Waals surface area contributed by atoms with Gasteiger partial charge in [-0.1, -0.05) is 24.3 Å². The number of para-hydroxylation sites is 1. The van der Waals surface area contributed by atoms with Crippen molar-refractivity contribution in [3.8, 4) is 6.19 Å². The summed E-state index contributed by atoms with van der Waals surface area (Å²) >= 11 is 0. The summed E-state index contributed by atoms with van der Waals surface area (Å²) in [7, 11) is 0. The van der Waals surface area contributed by atoms with E-state index in [1.54, 1.807) is 0 Å². The fourth-order valence-electron chi connectivity index (χ4n) is 2.60. The molecule has 1 aromatic rings. The van der Waals surface area contributed by atoms with Crippen LogP contribution in [0.4, 0.5) is 0 Å². The first-order chi connectivity index (χ1) is 7.81. The van der Waals surface area contributed by atoms with Gasteiger partial charge in [-0.2, -0.15) is 5.26 Å². The lowest BCUT2D eigenvalue weighted by atomic mass is 9.85. The minimum atomic E-state index is 0.101. The average molecular weight is 211 g/mol. The molecule has 0 N–H and O–H groups in total. The van der Waals surface area contributed by atoms with E-state index in [4.69, 9.17) is 5.26 Å². The highest BCUT2D eigenvalue weighted by molar-refractivity contribution is 5.37. The van der Waals surface area contributed by atoms with Gasteiger partial charge in [0.25, 0.3) is 0 Å². The van der Waals surface area contributed by atoms with Crippen molar-refractivity contribution in [1.82, 2.24) is 4.90 Å². The van der Waals surface area contributed by atoms with Crippen molar-refractivity contribution >= 4 is 6.08 Å². The summed E-state index contributed by atoms with van der Waals surface area (Å²) in [6.07, 6.45) is 5.58. The molecule has 0 saturated carbocycles. The SMILES string of the molecule is N#CN1CCC2(C=c3ccccc3=NC2)C1. The summed E-state index contributed by atoms with van der Waals surface area (Å²) in [5, 5.41) is 11.2. The van der Waals surface area contributed by atoms with Crippen LogP contribution in [-0.2, 0) is 0 Å². The first-order valence-corrected chi connectivity index (χ1v) is 5.58. The van der Waals surface area contributed by atoms with Gasteiger partial charge in [0, 0.05) is 18.5 Å². The summed E-state index contributed by atoms with van der Waals surface area (Å²) in [4.78, 5) is 6.46. The summed E-state index contributed by atoms with van der Waals surface area (Å²) in [5.41, 5.74) is 0.101. The second-order valence-electron chi connectivity index (χ2n) is 4.65. The molecule has 3 rings (SSSR count). The fourth-order valence-corrected chi connectivity index (χ4v) is 2.60. The van der Waals surface area contributed by atoms with Crippen molar-refractivity contribution in [3.05, 3.63) is 34.8 Å². The lowest BCUT2D eigenvalue weighted by molar-refractivity contribution is 0.401. The van der Waals surface area contributed by atoms with Gasteiger partial charge in [0.2, 0.25) is 0 Å². The minimum Gasteiger partial charge on any atom is -0.310 e. The number of benzene rings is 1. The van der Waals surface area contributed by atoms with E-state index in [1.807, 2.05) is 17.0 Å². The topological polar surface area (TPSA) is 39.4 Å². The lowest BCUT2D eigenvalue weighted by Crippen LogP contribution is -2.38. The maximum Gasteiger partial charge on any atom is 0.179 e. The molecule has 80 valence electrons. The van der Waals surface area contributed by atoms with Crippen molar-refractivity contribution in [3.63, 3.8) is 0 Å². The molecular weight excluding hydrogens is 198 g/mol. The number of rotatable bonds is 0. The number of nitriles is 1. The van der Waals surface area contributed by atoms with Crippen molar-refractivity contribution in [2.75, 3.05) is 19.6 Å². The number of nitrogens with zero attached hydrogens (tertiary/aromatic N) is 3. The normalized spacial score (nSPS) is 26.8. The Balaban J connectivity index is 2.05. The van der Waals surface area contributed by atoms with E-state index < -0.39 is 0 Å². The third-order valence-corrected chi connectivity index (χ3v) is 3.49. The van der Waals surface area contributed by atoms with Crippen LogP contribution >= 0.6 is 0 Å². The molecule has 2 aliphatic heterocycles. The predicted octanol–water partition coefficient (Wildman–Crippen LogP) is 0.273. The molecule has 1 saturated heterocycles. The largest absolute Gasteiger partial charge is 0.310 e.